The molecular formula is C14H23N3O2S2. The van der Waals surface area contributed by atoms with Crippen molar-refractivity contribution >= 4 is 21.4 Å². The maximum atomic E-state index is 12.8. The summed E-state index contributed by atoms with van der Waals surface area (Å²) in [5, 5.41) is 4.90. The van der Waals surface area contributed by atoms with E-state index < -0.39 is 10.0 Å². The molecule has 0 atom stereocenters. The van der Waals surface area contributed by atoms with Crippen LogP contribution in [0, 0.1) is 5.92 Å². The van der Waals surface area contributed by atoms with Crippen molar-refractivity contribution in [1.29, 1.82) is 0 Å². The second kappa shape index (κ2) is 6.34. The first-order valence-corrected chi connectivity index (χ1v) is 9.86. The SMILES string of the molecule is CNCc1sccc1S(=O)(=O)N1CCN(CC2CC2)CC1. The molecule has 1 N–H and O–H groups in total. The fraction of sp³-hybridized carbons (Fsp3) is 0.714. The van der Waals surface area contributed by atoms with Crippen molar-refractivity contribution in [3.8, 4) is 0 Å². The van der Waals surface area contributed by atoms with Gasteiger partial charge < -0.3 is 10.2 Å². The second-order valence-corrected chi connectivity index (χ2v) is 8.79. The van der Waals surface area contributed by atoms with E-state index in [1.165, 1.54) is 24.2 Å². The molecule has 0 amide bonds. The zero-order chi connectivity index (χ0) is 14.9. The van der Waals surface area contributed by atoms with Gasteiger partial charge >= 0.3 is 0 Å². The quantitative estimate of drug-likeness (QED) is 0.852. The van der Waals surface area contributed by atoms with Gasteiger partial charge in [0.05, 0.1) is 4.90 Å². The van der Waals surface area contributed by atoms with E-state index in [1.807, 2.05) is 12.4 Å². The zero-order valence-electron chi connectivity index (χ0n) is 12.4. The predicted molar refractivity (Wildman–Crippen MR) is 85.0 cm³/mol. The minimum atomic E-state index is -3.33. The standard InChI is InChI=1S/C14H23N3O2S2/c1-15-10-13-14(4-9-20-13)21(18,19)17-7-5-16(6-8-17)11-12-2-3-12/h4,9,12,15H,2-3,5-8,10-11H2,1H3. The molecule has 1 saturated carbocycles. The van der Waals surface area contributed by atoms with Gasteiger partial charge in [-0.25, -0.2) is 8.42 Å². The first-order chi connectivity index (χ1) is 10.1. The highest BCUT2D eigenvalue weighted by Crippen LogP contribution is 2.30. The lowest BCUT2D eigenvalue weighted by Gasteiger charge is -2.34. The third-order valence-electron chi connectivity index (χ3n) is 4.20. The maximum absolute atomic E-state index is 12.8. The summed E-state index contributed by atoms with van der Waals surface area (Å²) in [5.74, 6) is 0.868. The van der Waals surface area contributed by atoms with E-state index in [1.54, 1.807) is 10.4 Å². The van der Waals surface area contributed by atoms with Crippen molar-refractivity contribution in [3.63, 3.8) is 0 Å². The Morgan fingerprint density at radius 2 is 2.00 bits per heavy atom. The Labute approximate surface area is 131 Å². The third-order valence-corrected chi connectivity index (χ3v) is 7.24. The molecule has 0 spiro atoms. The number of rotatable bonds is 6. The van der Waals surface area contributed by atoms with Gasteiger partial charge in [0.15, 0.2) is 0 Å². The van der Waals surface area contributed by atoms with Crippen molar-refractivity contribution in [2.45, 2.75) is 24.3 Å². The number of thiophene rings is 1. The van der Waals surface area contributed by atoms with Crippen LogP contribution >= 0.6 is 11.3 Å². The number of nitrogens with one attached hydrogen (secondary N) is 1. The van der Waals surface area contributed by atoms with Crippen LogP contribution in [0.1, 0.15) is 17.7 Å². The molecule has 0 unspecified atom stereocenters. The molecule has 0 bridgehead atoms. The summed E-state index contributed by atoms with van der Waals surface area (Å²) < 4.78 is 27.2. The highest BCUT2D eigenvalue weighted by Gasteiger charge is 2.32. The molecule has 2 aliphatic rings. The maximum Gasteiger partial charge on any atom is 0.244 e. The largest absolute Gasteiger partial charge is 0.315 e. The van der Waals surface area contributed by atoms with Crippen LogP contribution in [0.5, 0.6) is 0 Å². The van der Waals surface area contributed by atoms with E-state index in [2.05, 4.69) is 10.2 Å². The normalized spacial score (nSPS) is 21.8. The lowest BCUT2D eigenvalue weighted by Crippen LogP contribution is -2.49. The topological polar surface area (TPSA) is 52.7 Å². The molecule has 0 aromatic carbocycles. The predicted octanol–water partition coefficient (Wildman–Crippen LogP) is 1.18. The number of piperazine rings is 1. The van der Waals surface area contributed by atoms with Gasteiger partial charge in [0.25, 0.3) is 0 Å². The monoisotopic (exact) mass is 329 g/mol. The molecule has 5 nitrogen and oxygen atoms in total. The molecule has 1 saturated heterocycles. The van der Waals surface area contributed by atoms with Crippen LogP contribution in [0.25, 0.3) is 0 Å². The van der Waals surface area contributed by atoms with Crippen LogP contribution in [0.4, 0.5) is 0 Å². The molecule has 1 aromatic rings. The fourth-order valence-electron chi connectivity index (χ4n) is 2.81. The molecule has 1 aliphatic carbocycles. The minimum Gasteiger partial charge on any atom is -0.315 e. The fourth-order valence-corrected chi connectivity index (χ4v) is 5.65. The molecule has 0 radical (unpaired) electrons. The van der Waals surface area contributed by atoms with Gasteiger partial charge in [-0.2, -0.15) is 4.31 Å². The number of nitrogens with zero attached hydrogens (tertiary/aromatic N) is 2. The van der Waals surface area contributed by atoms with Crippen LogP contribution in [0.15, 0.2) is 16.3 Å². The molecular weight excluding hydrogens is 306 g/mol. The molecule has 21 heavy (non-hydrogen) atoms. The van der Waals surface area contributed by atoms with Gasteiger partial charge in [0, 0.05) is 44.1 Å². The average Bonchev–Trinajstić information content (AvgIpc) is 3.15. The Hall–Kier alpha value is -0.470. The summed E-state index contributed by atoms with van der Waals surface area (Å²) in [7, 11) is -1.49. The second-order valence-electron chi connectivity index (χ2n) is 5.89. The zero-order valence-corrected chi connectivity index (χ0v) is 14.0. The highest BCUT2D eigenvalue weighted by atomic mass is 32.2. The molecule has 7 heteroatoms. The van der Waals surface area contributed by atoms with Gasteiger partial charge in [-0.15, -0.1) is 11.3 Å². The molecule has 2 fully saturated rings. The number of hydrogen-bond donors (Lipinski definition) is 1. The summed E-state index contributed by atoms with van der Waals surface area (Å²) in [6.07, 6.45) is 2.70. The Morgan fingerprint density at radius 3 is 2.62 bits per heavy atom. The Morgan fingerprint density at radius 1 is 1.29 bits per heavy atom. The molecule has 1 aliphatic heterocycles. The third kappa shape index (κ3) is 3.48. The van der Waals surface area contributed by atoms with E-state index in [0.29, 0.717) is 24.5 Å². The molecule has 1 aromatic heterocycles. The molecule has 118 valence electrons. The van der Waals surface area contributed by atoms with Crippen LogP contribution in [-0.4, -0.2) is 57.4 Å². The summed E-state index contributed by atoms with van der Waals surface area (Å²) >= 11 is 1.50. The van der Waals surface area contributed by atoms with Crippen molar-refractivity contribution in [2.75, 3.05) is 39.8 Å². The Balaban J connectivity index is 1.66. The van der Waals surface area contributed by atoms with Crippen molar-refractivity contribution in [2.24, 2.45) is 5.92 Å². The first-order valence-electron chi connectivity index (χ1n) is 7.54. The molecule has 3 rings (SSSR count). The van der Waals surface area contributed by atoms with Crippen LogP contribution < -0.4 is 5.32 Å². The number of sulfonamides is 1. The first kappa shape index (κ1) is 15.4. The van der Waals surface area contributed by atoms with Crippen molar-refractivity contribution in [1.82, 2.24) is 14.5 Å². The summed E-state index contributed by atoms with van der Waals surface area (Å²) in [4.78, 5) is 3.79. The van der Waals surface area contributed by atoms with Crippen LogP contribution in [0.3, 0.4) is 0 Å². The van der Waals surface area contributed by atoms with E-state index in [-0.39, 0.29) is 0 Å². The van der Waals surface area contributed by atoms with Gasteiger partial charge in [-0.3, -0.25) is 0 Å². The molecule has 2 heterocycles. The van der Waals surface area contributed by atoms with E-state index in [0.717, 1.165) is 30.4 Å². The van der Waals surface area contributed by atoms with Crippen LogP contribution in [-0.2, 0) is 16.6 Å². The Kier molecular flexibility index (Phi) is 4.66. The summed E-state index contributed by atoms with van der Waals surface area (Å²) in [5.41, 5.74) is 0. The minimum absolute atomic E-state index is 0.484. The van der Waals surface area contributed by atoms with Gasteiger partial charge in [0.1, 0.15) is 0 Å². The Bertz CT molecular complexity index is 573. The lowest BCUT2D eigenvalue weighted by atomic mass is 10.3. The van der Waals surface area contributed by atoms with Gasteiger partial charge in [-0.05, 0) is 37.3 Å². The van der Waals surface area contributed by atoms with Gasteiger partial charge in [-0.1, -0.05) is 0 Å². The highest BCUT2D eigenvalue weighted by molar-refractivity contribution is 7.89. The number of hydrogen-bond acceptors (Lipinski definition) is 5. The average molecular weight is 329 g/mol. The van der Waals surface area contributed by atoms with Crippen molar-refractivity contribution < 1.29 is 8.42 Å². The summed E-state index contributed by atoms with van der Waals surface area (Å²) in [6, 6.07) is 1.74. The smallest absolute Gasteiger partial charge is 0.244 e. The lowest BCUT2D eigenvalue weighted by molar-refractivity contribution is 0.182. The van der Waals surface area contributed by atoms with Crippen molar-refractivity contribution in [3.05, 3.63) is 16.3 Å². The van der Waals surface area contributed by atoms with E-state index in [9.17, 15) is 8.42 Å². The van der Waals surface area contributed by atoms with Gasteiger partial charge in [0.2, 0.25) is 10.0 Å². The van der Waals surface area contributed by atoms with Crippen LogP contribution in [0.2, 0.25) is 0 Å². The van der Waals surface area contributed by atoms with E-state index >= 15 is 0 Å². The summed E-state index contributed by atoms with van der Waals surface area (Å²) in [6.45, 7) is 4.71. The van der Waals surface area contributed by atoms with E-state index in [4.69, 9.17) is 0 Å².